The molecule has 2 aromatic carbocycles. The van der Waals surface area contributed by atoms with Crippen molar-refractivity contribution in [1.29, 1.82) is 0 Å². The van der Waals surface area contributed by atoms with Crippen LogP contribution in [-0.2, 0) is 25.6 Å². The average molecular weight is 403 g/mol. The Bertz CT molecular complexity index is 929. The van der Waals surface area contributed by atoms with Crippen molar-refractivity contribution in [3.05, 3.63) is 65.2 Å². The monoisotopic (exact) mass is 402 g/mol. The first-order valence-corrected chi connectivity index (χ1v) is 10.7. The summed E-state index contributed by atoms with van der Waals surface area (Å²) in [6, 6.07) is 13.5. The summed E-state index contributed by atoms with van der Waals surface area (Å²) in [4.78, 5) is 14.4. The summed E-state index contributed by atoms with van der Waals surface area (Å²) in [5.41, 5.74) is 2.50. The van der Waals surface area contributed by atoms with E-state index in [0.717, 1.165) is 17.5 Å². The Hall–Kier alpha value is -2.67. The number of likely N-dealkylation sites (N-methyl/N-ethyl adjacent to an activating group) is 1. The number of hydrogen-bond donors (Lipinski definition) is 0. The number of oxime groups is 1. The molecular formula is C21H26N2O4S. The van der Waals surface area contributed by atoms with Gasteiger partial charge in [0.05, 0.1) is 0 Å². The molecule has 150 valence electrons. The maximum atomic E-state index is 12.9. The summed E-state index contributed by atoms with van der Waals surface area (Å²) in [5.74, 6) is -0.381. The minimum absolute atomic E-state index is 0.0159. The summed E-state index contributed by atoms with van der Waals surface area (Å²) in [5, 5.41) is 3.77. The van der Waals surface area contributed by atoms with Gasteiger partial charge in [-0.05, 0) is 44.9 Å². The van der Waals surface area contributed by atoms with Gasteiger partial charge in [0.15, 0.2) is 5.71 Å². The number of nitrogens with zero attached hydrogens (tertiary/aromatic N) is 2. The molecule has 7 heteroatoms. The van der Waals surface area contributed by atoms with E-state index in [0.29, 0.717) is 18.7 Å². The van der Waals surface area contributed by atoms with Crippen molar-refractivity contribution >= 4 is 21.7 Å². The molecule has 0 unspecified atom stereocenters. The lowest BCUT2D eigenvalue weighted by molar-refractivity contribution is -0.123. The molecule has 0 atom stereocenters. The normalized spacial score (nSPS) is 11.9. The molecule has 6 nitrogen and oxygen atoms in total. The molecule has 0 aliphatic heterocycles. The molecule has 0 N–H and O–H groups in total. The molecule has 0 saturated heterocycles. The van der Waals surface area contributed by atoms with Gasteiger partial charge in [0, 0.05) is 18.7 Å². The van der Waals surface area contributed by atoms with Crippen molar-refractivity contribution in [2.45, 2.75) is 39.0 Å². The van der Waals surface area contributed by atoms with Gasteiger partial charge in [-0.2, -0.15) is 8.42 Å². The quantitative estimate of drug-likeness (QED) is 0.500. The Balaban J connectivity index is 2.41. The number of amides is 1. The van der Waals surface area contributed by atoms with Crippen LogP contribution in [0.5, 0.6) is 0 Å². The van der Waals surface area contributed by atoms with Crippen LogP contribution >= 0.6 is 0 Å². The highest BCUT2D eigenvalue weighted by Gasteiger charge is 2.23. The van der Waals surface area contributed by atoms with Gasteiger partial charge in [-0.25, -0.2) is 0 Å². The zero-order valence-electron chi connectivity index (χ0n) is 16.7. The minimum Gasteiger partial charge on any atom is -0.338 e. The fourth-order valence-corrected chi connectivity index (χ4v) is 3.34. The largest absolute Gasteiger partial charge is 0.358 e. The number of carbonyl (C=O) groups is 1. The molecule has 0 heterocycles. The van der Waals surface area contributed by atoms with Crippen molar-refractivity contribution in [2.24, 2.45) is 5.16 Å². The van der Waals surface area contributed by atoms with E-state index in [1.807, 2.05) is 39.8 Å². The molecule has 0 fully saturated rings. The lowest BCUT2D eigenvalue weighted by Crippen LogP contribution is -2.37. The summed E-state index contributed by atoms with van der Waals surface area (Å²) >= 11 is 0. The third-order valence-electron chi connectivity index (χ3n) is 4.43. The van der Waals surface area contributed by atoms with Gasteiger partial charge in [0.2, 0.25) is 0 Å². The average Bonchev–Trinajstić information content (AvgIpc) is 2.70. The van der Waals surface area contributed by atoms with E-state index in [1.165, 1.54) is 12.1 Å². The zero-order chi connectivity index (χ0) is 20.7. The number of benzene rings is 2. The summed E-state index contributed by atoms with van der Waals surface area (Å²) in [6.45, 7) is 8.54. The maximum Gasteiger partial charge on any atom is 0.358 e. The maximum absolute atomic E-state index is 12.9. The minimum atomic E-state index is -4.12. The van der Waals surface area contributed by atoms with E-state index >= 15 is 0 Å². The summed E-state index contributed by atoms with van der Waals surface area (Å²) < 4.78 is 29.8. The Morgan fingerprint density at radius 3 is 2.04 bits per heavy atom. The molecule has 0 saturated carbocycles. The van der Waals surface area contributed by atoms with Crippen LogP contribution < -0.4 is 0 Å². The van der Waals surface area contributed by atoms with Gasteiger partial charge in [0.25, 0.3) is 5.91 Å². The van der Waals surface area contributed by atoms with E-state index in [4.69, 9.17) is 4.28 Å². The van der Waals surface area contributed by atoms with Gasteiger partial charge in [0.1, 0.15) is 4.90 Å². The Kier molecular flexibility index (Phi) is 7.34. The van der Waals surface area contributed by atoms with Crippen LogP contribution in [0.3, 0.4) is 0 Å². The standard InChI is InChI=1S/C21H26N2O4S/c1-5-17-10-12-18(13-11-17)20(21(24)23(6-2)7-3)22-27-28(25,26)19-14-8-16(4)9-15-19/h8-15H,5-7H2,1-4H3. The van der Waals surface area contributed by atoms with Gasteiger partial charge >= 0.3 is 10.1 Å². The van der Waals surface area contributed by atoms with Crippen LogP contribution in [0.4, 0.5) is 0 Å². The van der Waals surface area contributed by atoms with Crippen LogP contribution in [0.15, 0.2) is 58.6 Å². The SMILES string of the molecule is CCc1ccc(C(=NOS(=O)(=O)c2ccc(C)cc2)C(=O)N(CC)CC)cc1. The first kappa shape index (κ1) is 21.6. The number of rotatable bonds is 8. The van der Waals surface area contributed by atoms with Gasteiger partial charge in [-0.1, -0.05) is 54.0 Å². The summed E-state index contributed by atoms with van der Waals surface area (Å²) in [6.07, 6.45) is 0.856. The lowest BCUT2D eigenvalue weighted by atomic mass is 10.1. The van der Waals surface area contributed by atoms with E-state index in [2.05, 4.69) is 5.16 Å². The first-order valence-electron chi connectivity index (χ1n) is 9.29. The predicted octanol–water partition coefficient (Wildman–Crippen LogP) is 3.54. The second-order valence-corrected chi connectivity index (χ2v) is 7.84. The van der Waals surface area contributed by atoms with E-state index in [1.54, 1.807) is 29.2 Å². The molecule has 0 bridgehead atoms. The van der Waals surface area contributed by atoms with Gasteiger partial charge in [-0.15, -0.1) is 0 Å². The van der Waals surface area contributed by atoms with Crippen molar-refractivity contribution in [2.75, 3.05) is 13.1 Å². The van der Waals surface area contributed by atoms with Crippen molar-refractivity contribution < 1.29 is 17.5 Å². The Morgan fingerprint density at radius 1 is 0.964 bits per heavy atom. The van der Waals surface area contributed by atoms with Crippen LogP contribution in [0.1, 0.15) is 37.5 Å². The molecule has 2 rings (SSSR count). The van der Waals surface area contributed by atoms with Crippen LogP contribution in [0.2, 0.25) is 0 Å². The molecule has 0 spiro atoms. The summed E-state index contributed by atoms with van der Waals surface area (Å²) in [7, 11) is -4.12. The molecule has 0 radical (unpaired) electrons. The van der Waals surface area contributed by atoms with E-state index in [-0.39, 0.29) is 16.5 Å². The van der Waals surface area contributed by atoms with E-state index < -0.39 is 10.1 Å². The molecule has 0 aliphatic rings. The second kappa shape index (κ2) is 9.50. The topological polar surface area (TPSA) is 76.0 Å². The van der Waals surface area contributed by atoms with E-state index in [9.17, 15) is 13.2 Å². The third-order valence-corrected chi connectivity index (χ3v) is 5.55. The predicted molar refractivity (Wildman–Crippen MR) is 110 cm³/mol. The highest BCUT2D eigenvalue weighted by atomic mass is 32.2. The zero-order valence-corrected chi connectivity index (χ0v) is 17.5. The van der Waals surface area contributed by atoms with Crippen molar-refractivity contribution in [3.63, 3.8) is 0 Å². The molecule has 2 aromatic rings. The van der Waals surface area contributed by atoms with Gasteiger partial charge < -0.3 is 4.90 Å². The molecule has 1 amide bonds. The molecule has 28 heavy (non-hydrogen) atoms. The van der Waals surface area contributed by atoms with Crippen molar-refractivity contribution in [3.8, 4) is 0 Å². The first-order chi connectivity index (χ1) is 13.3. The number of aryl methyl sites for hydroxylation is 2. The molecule has 0 aromatic heterocycles. The smallest absolute Gasteiger partial charge is 0.338 e. The highest BCUT2D eigenvalue weighted by Crippen LogP contribution is 2.15. The van der Waals surface area contributed by atoms with Crippen molar-refractivity contribution in [1.82, 2.24) is 4.90 Å². The number of hydrogen-bond acceptors (Lipinski definition) is 5. The molecular weight excluding hydrogens is 376 g/mol. The third kappa shape index (κ3) is 5.19. The van der Waals surface area contributed by atoms with Gasteiger partial charge in [-0.3, -0.25) is 9.08 Å². The lowest BCUT2D eigenvalue weighted by Gasteiger charge is -2.19. The molecule has 0 aliphatic carbocycles. The van der Waals surface area contributed by atoms with Crippen LogP contribution in [-0.4, -0.2) is 38.0 Å². The van der Waals surface area contributed by atoms with Crippen LogP contribution in [0.25, 0.3) is 0 Å². The second-order valence-electron chi connectivity index (χ2n) is 6.31. The number of carbonyl (C=O) groups excluding carboxylic acids is 1. The highest BCUT2D eigenvalue weighted by molar-refractivity contribution is 7.86. The Morgan fingerprint density at radius 2 is 1.54 bits per heavy atom. The van der Waals surface area contributed by atoms with Crippen LogP contribution in [0, 0.1) is 6.92 Å². The fourth-order valence-electron chi connectivity index (χ4n) is 2.61. The Labute approximate surface area is 166 Å². The fraction of sp³-hybridized carbons (Fsp3) is 0.333.